The number of hydrogen-bond acceptors (Lipinski definition) is 2. The van der Waals surface area contributed by atoms with E-state index in [4.69, 9.17) is 17.3 Å². The van der Waals surface area contributed by atoms with Crippen LogP contribution in [-0.2, 0) is 6.42 Å². The summed E-state index contributed by atoms with van der Waals surface area (Å²) in [6.07, 6.45) is -0.135. The molecular weight excluding hydrogens is 272 g/mol. The first-order valence-corrected chi connectivity index (χ1v) is 5.88. The van der Waals surface area contributed by atoms with Crippen LogP contribution in [0.1, 0.15) is 15.9 Å². The molecule has 0 bridgehead atoms. The molecule has 0 spiro atoms. The Hall–Kier alpha value is -1.94. The number of carbonyl (C=O) groups is 1. The third-order valence-corrected chi connectivity index (χ3v) is 3.12. The van der Waals surface area contributed by atoms with Crippen molar-refractivity contribution in [2.45, 2.75) is 6.42 Å². The molecule has 0 aliphatic rings. The number of hydrogen-bond donors (Lipinski definition) is 1. The average Bonchev–Trinajstić information content (AvgIpc) is 2.38. The van der Waals surface area contributed by atoms with Crippen LogP contribution in [0, 0.1) is 11.6 Å². The zero-order valence-corrected chi connectivity index (χ0v) is 10.5. The summed E-state index contributed by atoms with van der Waals surface area (Å²) in [5.74, 6) is -1.56. The van der Waals surface area contributed by atoms with Gasteiger partial charge in [0.25, 0.3) is 0 Å². The molecule has 0 aliphatic heterocycles. The van der Waals surface area contributed by atoms with Crippen molar-refractivity contribution in [3.8, 4) is 0 Å². The Kier molecular flexibility index (Phi) is 3.81. The van der Waals surface area contributed by atoms with E-state index < -0.39 is 17.4 Å². The van der Waals surface area contributed by atoms with E-state index in [0.717, 1.165) is 6.07 Å². The summed E-state index contributed by atoms with van der Waals surface area (Å²) in [7, 11) is 0. The van der Waals surface area contributed by atoms with Crippen LogP contribution in [0.5, 0.6) is 0 Å². The molecule has 0 saturated heterocycles. The Labute approximate surface area is 113 Å². The lowest BCUT2D eigenvalue weighted by atomic mass is 10.0. The van der Waals surface area contributed by atoms with Gasteiger partial charge in [0, 0.05) is 17.7 Å². The van der Waals surface area contributed by atoms with Crippen LogP contribution in [0.15, 0.2) is 36.4 Å². The summed E-state index contributed by atoms with van der Waals surface area (Å²) in [6.45, 7) is 0. The summed E-state index contributed by atoms with van der Waals surface area (Å²) in [5, 5.41) is -0.106. The number of Topliss-reactive ketones (excluding diaryl/α,β-unsaturated/α-hetero) is 1. The lowest BCUT2D eigenvalue weighted by Crippen LogP contribution is -2.08. The first kappa shape index (κ1) is 13.5. The Morgan fingerprint density at radius 3 is 2.68 bits per heavy atom. The van der Waals surface area contributed by atoms with Gasteiger partial charge in [0.15, 0.2) is 5.78 Å². The maximum atomic E-state index is 13.2. The van der Waals surface area contributed by atoms with Crippen molar-refractivity contribution in [2.75, 3.05) is 5.73 Å². The van der Waals surface area contributed by atoms with Gasteiger partial charge in [0.1, 0.15) is 11.6 Å². The maximum Gasteiger partial charge on any atom is 0.169 e. The fraction of sp³-hybridized carbons (Fsp3) is 0.0714. The summed E-state index contributed by atoms with van der Waals surface area (Å²) >= 11 is 5.76. The van der Waals surface area contributed by atoms with E-state index in [1.807, 2.05) is 0 Å². The fourth-order valence-corrected chi connectivity index (χ4v) is 1.92. The standard InChI is InChI=1S/C14H10ClF2NO/c15-14-8(2-1-3-11(14)17)6-13(19)10-7-9(16)4-5-12(10)18/h1-5,7H,6,18H2. The highest BCUT2D eigenvalue weighted by Crippen LogP contribution is 2.23. The summed E-state index contributed by atoms with van der Waals surface area (Å²) in [4.78, 5) is 12.0. The van der Waals surface area contributed by atoms with Crippen LogP contribution < -0.4 is 5.73 Å². The van der Waals surface area contributed by atoms with Gasteiger partial charge in [-0.1, -0.05) is 23.7 Å². The van der Waals surface area contributed by atoms with Crippen molar-refractivity contribution in [1.29, 1.82) is 0 Å². The second-order valence-electron chi connectivity index (χ2n) is 4.04. The predicted molar refractivity (Wildman–Crippen MR) is 70.3 cm³/mol. The molecular formula is C14H10ClF2NO. The van der Waals surface area contributed by atoms with Crippen LogP contribution in [0.25, 0.3) is 0 Å². The minimum atomic E-state index is -0.598. The van der Waals surface area contributed by atoms with Crippen LogP contribution >= 0.6 is 11.6 Å². The summed E-state index contributed by atoms with van der Waals surface area (Å²) in [6, 6.07) is 7.74. The van der Waals surface area contributed by atoms with Crippen molar-refractivity contribution < 1.29 is 13.6 Å². The molecule has 2 N–H and O–H groups in total. The molecule has 2 aromatic carbocycles. The number of benzene rings is 2. The van der Waals surface area contributed by atoms with Crippen molar-refractivity contribution in [3.63, 3.8) is 0 Å². The first-order chi connectivity index (χ1) is 8.99. The summed E-state index contributed by atoms with van der Waals surface area (Å²) < 4.78 is 26.3. The molecule has 0 heterocycles. The zero-order valence-electron chi connectivity index (χ0n) is 9.79. The van der Waals surface area contributed by atoms with Gasteiger partial charge in [-0.2, -0.15) is 0 Å². The van der Waals surface area contributed by atoms with Gasteiger partial charge in [-0.05, 0) is 29.8 Å². The van der Waals surface area contributed by atoms with Gasteiger partial charge in [-0.25, -0.2) is 8.78 Å². The Morgan fingerprint density at radius 1 is 1.21 bits per heavy atom. The van der Waals surface area contributed by atoms with Crippen molar-refractivity contribution in [2.24, 2.45) is 0 Å². The lowest BCUT2D eigenvalue weighted by Gasteiger charge is -2.07. The van der Waals surface area contributed by atoms with Gasteiger partial charge in [-0.15, -0.1) is 0 Å². The highest BCUT2D eigenvalue weighted by atomic mass is 35.5. The predicted octanol–water partition coefficient (Wildman–Crippen LogP) is 3.63. The average molecular weight is 282 g/mol. The molecule has 0 unspecified atom stereocenters. The highest BCUT2D eigenvalue weighted by Gasteiger charge is 2.14. The molecule has 98 valence electrons. The molecule has 2 rings (SSSR count). The smallest absolute Gasteiger partial charge is 0.169 e. The van der Waals surface area contributed by atoms with Gasteiger partial charge >= 0.3 is 0 Å². The van der Waals surface area contributed by atoms with E-state index in [1.165, 1.54) is 24.3 Å². The molecule has 0 aromatic heterocycles. The van der Waals surface area contributed by atoms with Gasteiger partial charge < -0.3 is 5.73 Å². The number of nitrogens with two attached hydrogens (primary N) is 1. The number of anilines is 1. The molecule has 0 atom stereocenters. The van der Waals surface area contributed by atoms with Gasteiger partial charge in [0.2, 0.25) is 0 Å². The monoisotopic (exact) mass is 281 g/mol. The van der Waals surface area contributed by atoms with E-state index >= 15 is 0 Å². The molecule has 0 fully saturated rings. The van der Waals surface area contributed by atoms with Crippen molar-refractivity contribution in [1.82, 2.24) is 0 Å². The van der Waals surface area contributed by atoms with E-state index in [1.54, 1.807) is 6.07 Å². The van der Waals surface area contributed by atoms with Crippen LogP contribution in [0.3, 0.4) is 0 Å². The molecule has 5 heteroatoms. The Morgan fingerprint density at radius 2 is 1.95 bits per heavy atom. The number of carbonyl (C=O) groups excluding carboxylic acids is 1. The first-order valence-electron chi connectivity index (χ1n) is 5.50. The second-order valence-corrected chi connectivity index (χ2v) is 4.42. The number of nitrogen functional groups attached to an aromatic ring is 1. The molecule has 2 aromatic rings. The molecule has 19 heavy (non-hydrogen) atoms. The third kappa shape index (κ3) is 2.90. The second kappa shape index (κ2) is 5.36. The largest absolute Gasteiger partial charge is 0.398 e. The summed E-state index contributed by atoms with van der Waals surface area (Å²) in [5.41, 5.74) is 6.21. The highest BCUT2D eigenvalue weighted by molar-refractivity contribution is 6.31. The van der Waals surface area contributed by atoms with Crippen LogP contribution in [0.4, 0.5) is 14.5 Å². The number of ketones is 1. The maximum absolute atomic E-state index is 13.2. The normalized spacial score (nSPS) is 10.5. The lowest BCUT2D eigenvalue weighted by molar-refractivity contribution is 0.0993. The quantitative estimate of drug-likeness (QED) is 0.690. The fourth-order valence-electron chi connectivity index (χ4n) is 1.72. The zero-order chi connectivity index (χ0) is 14.0. The van der Waals surface area contributed by atoms with E-state index in [0.29, 0.717) is 5.56 Å². The van der Waals surface area contributed by atoms with Gasteiger partial charge in [-0.3, -0.25) is 4.79 Å². The van der Waals surface area contributed by atoms with Gasteiger partial charge in [0.05, 0.1) is 5.02 Å². The molecule has 0 aliphatic carbocycles. The van der Waals surface area contributed by atoms with Crippen LogP contribution in [-0.4, -0.2) is 5.78 Å². The van der Waals surface area contributed by atoms with E-state index in [2.05, 4.69) is 0 Å². The number of halogens is 3. The Bertz CT molecular complexity index is 643. The molecule has 0 radical (unpaired) electrons. The van der Waals surface area contributed by atoms with Crippen molar-refractivity contribution in [3.05, 3.63) is 64.2 Å². The topological polar surface area (TPSA) is 43.1 Å². The SMILES string of the molecule is Nc1ccc(F)cc1C(=O)Cc1cccc(F)c1Cl. The minimum absolute atomic E-state index is 0.0697. The van der Waals surface area contributed by atoms with Crippen molar-refractivity contribution >= 4 is 23.1 Å². The number of rotatable bonds is 3. The molecule has 2 nitrogen and oxygen atoms in total. The van der Waals surface area contributed by atoms with Crippen LogP contribution in [0.2, 0.25) is 5.02 Å². The third-order valence-electron chi connectivity index (χ3n) is 2.70. The minimum Gasteiger partial charge on any atom is -0.398 e. The van der Waals surface area contributed by atoms with E-state index in [-0.39, 0.29) is 22.7 Å². The van der Waals surface area contributed by atoms with E-state index in [9.17, 15) is 13.6 Å². The molecule has 0 amide bonds. The Balaban J connectivity index is 2.31. The molecule has 0 saturated carbocycles.